The van der Waals surface area contributed by atoms with Gasteiger partial charge >= 0.3 is 5.97 Å². The van der Waals surface area contributed by atoms with Crippen molar-refractivity contribution in [3.63, 3.8) is 0 Å². The molecule has 0 fully saturated rings. The molecule has 0 saturated heterocycles. The van der Waals surface area contributed by atoms with Crippen molar-refractivity contribution in [1.82, 2.24) is 4.57 Å². The minimum atomic E-state index is -1.23. The third-order valence-corrected chi connectivity index (χ3v) is 7.99. The Balaban J connectivity index is 1.37. The van der Waals surface area contributed by atoms with Gasteiger partial charge in [0.25, 0.3) is 0 Å². The maximum Gasteiger partial charge on any atom is 0.346 e. The lowest BCUT2D eigenvalue weighted by Crippen LogP contribution is -2.09. The number of carboxylic acid groups (broad SMARTS) is 1. The van der Waals surface area contributed by atoms with Gasteiger partial charge < -0.3 is 24.0 Å². The minimum absolute atomic E-state index is 0.286. The number of anilines is 3. The van der Waals surface area contributed by atoms with Gasteiger partial charge in [-0.3, -0.25) is 0 Å². The second-order valence-electron chi connectivity index (χ2n) is 9.54. The summed E-state index contributed by atoms with van der Waals surface area (Å²) in [5, 5.41) is 18.2. The smallest absolute Gasteiger partial charge is 0.346 e. The van der Waals surface area contributed by atoms with Gasteiger partial charge in [0.15, 0.2) is 0 Å². The third-order valence-electron chi connectivity index (χ3n) is 6.94. The Labute approximate surface area is 254 Å². The molecule has 0 saturated carbocycles. The van der Waals surface area contributed by atoms with Crippen LogP contribution in [0.4, 0.5) is 17.1 Å². The fourth-order valence-electron chi connectivity index (χ4n) is 4.62. The summed E-state index contributed by atoms with van der Waals surface area (Å²) >= 11 is 1.44. The first kappa shape index (κ1) is 29.0. The molecule has 0 amide bonds. The average molecular weight is 588 g/mol. The van der Waals surface area contributed by atoms with Crippen LogP contribution in [0.3, 0.4) is 0 Å². The van der Waals surface area contributed by atoms with Crippen molar-refractivity contribution in [2.24, 2.45) is 7.05 Å². The van der Waals surface area contributed by atoms with Crippen LogP contribution in [0.15, 0.2) is 103 Å². The Bertz CT molecular complexity index is 1780. The molecule has 5 rings (SSSR count). The van der Waals surface area contributed by atoms with E-state index in [0.717, 1.165) is 50.4 Å². The predicted molar refractivity (Wildman–Crippen MR) is 173 cm³/mol. The van der Waals surface area contributed by atoms with Crippen molar-refractivity contribution in [2.75, 3.05) is 19.1 Å². The molecule has 0 atom stereocenters. The maximum absolute atomic E-state index is 11.2. The molecule has 0 spiro atoms. The molecule has 8 heteroatoms. The van der Waals surface area contributed by atoms with Crippen molar-refractivity contribution in [3.8, 4) is 28.1 Å². The minimum Gasteiger partial charge on any atom is -0.497 e. The number of aliphatic carboxylic acids is 1. The molecule has 0 aliphatic carbocycles. The fourth-order valence-corrected chi connectivity index (χ4v) is 5.63. The Kier molecular flexibility index (Phi) is 8.75. The van der Waals surface area contributed by atoms with Crippen LogP contribution in [-0.4, -0.2) is 29.9 Å². The van der Waals surface area contributed by atoms with E-state index in [-0.39, 0.29) is 5.57 Å². The zero-order valence-electron chi connectivity index (χ0n) is 23.9. The van der Waals surface area contributed by atoms with Crippen LogP contribution in [0.1, 0.15) is 16.1 Å². The molecular formula is C35H29N3O4S. The highest BCUT2D eigenvalue weighted by Gasteiger charge is 2.14. The van der Waals surface area contributed by atoms with Crippen LogP contribution in [0.2, 0.25) is 0 Å². The lowest BCUT2D eigenvalue weighted by molar-refractivity contribution is -0.132. The summed E-state index contributed by atoms with van der Waals surface area (Å²) in [6.45, 7) is 0. The van der Waals surface area contributed by atoms with Gasteiger partial charge in [0.1, 0.15) is 23.1 Å². The molecule has 0 radical (unpaired) electrons. The fraction of sp³-hybridized carbons (Fsp3) is 0.0857. The van der Waals surface area contributed by atoms with Gasteiger partial charge in [-0.2, -0.15) is 5.26 Å². The number of hydrogen-bond acceptors (Lipinski definition) is 6. The van der Waals surface area contributed by atoms with E-state index in [1.807, 2.05) is 79.8 Å². The Hall–Kier alpha value is -5.52. The largest absolute Gasteiger partial charge is 0.497 e. The molecule has 1 N–H and O–H groups in total. The molecule has 0 aliphatic heterocycles. The molecule has 0 unspecified atom stereocenters. The van der Waals surface area contributed by atoms with Crippen molar-refractivity contribution in [3.05, 3.63) is 119 Å². The molecule has 214 valence electrons. The van der Waals surface area contributed by atoms with E-state index in [0.29, 0.717) is 4.88 Å². The van der Waals surface area contributed by atoms with Crippen LogP contribution in [-0.2, 0) is 11.8 Å². The summed E-state index contributed by atoms with van der Waals surface area (Å²) in [4.78, 5) is 15.0. The number of thiophene rings is 1. The number of carboxylic acids is 1. The second kappa shape index (κ2) is 13.0. The van der Waals surface area contributed by atoms with Gasteiger partial charge in [-0.05, 0) is 103 Å². The highest BCUT2D eigenvalue weighted by molar-refractivity contribution is 7.16. The van der Waals surface area contributed by atoms with Crippen molar-refractivity contribution in [2.45, 2.75) is 0 Å². The number of benzene rings is 3. The lowest BCUT2D eigenvalue weighted by Gasteiger charge is -2.26. The number of hydrogen-bond donors (Lipinski definition) is 1. The molecule has 43 heavy (non-hydrogen) atoms. The summed E-state index contributed by atoms with van der Waals surface area (Å²) < 4.78 is 12.8. The number of methoxy groups -OCH3 is 2. The third kappa shape index (κ3) is 6.53. The van der Waals surface area contributed by atoms with E-state index in [4.69, 9.17) is 19.8 Å². The average Bonchev–Trinajstić information content (AvgIpc) is 3.65. The zero-order chi connectivity index (χ0) is 30.3. The number of nitrogens with zero attached hydrogens (tertiary/aromatic N) is 3. The Morgan fingerprint density at radius 2 is 1.37 bits per heavy atom. The van der Waals surface area contributed by atoms with Gasteiger partial charge in [-0.1, -0.05) is 18.2 Å². The van der Waals surface area contributed by atoms with Crippen LogP contribution in [0.5, 0.6) is 11.5 Å². The first-order valence-electron chi connectivity index (χ1n) is 13.4. The number of aromatic nitrogens is 1. The highest BCUT2D eigenvalue weighted by atomic mass is 32.1. The zero-order valence-corrected chi connectivity index (χ0v) is 24.7. The van der Waals surface area contributed by atoms with Crippen LogP contribution >= 0.6 is 11.3 Å². The van der Waals surface area contributed by atoms with Crippen molar-refractivity contribution >= 4 is 52.6 Å². The molecule has 2 aromatic heterocycles. The second-order valence-corrected chi connectivity index (χ2v) is 10.7. The van der Waals surface area contributed by atoms with E-state index in [1.165, 1.54) is 17.4 Å². The van der Waals surface area contributed by atoms with Crippen LogP contribution in [0, 0.1) is 11.3 Å². The molecule has 0 aliphatic rings. The van der Waals surface area contributed by atoms with Gasteiger partial charge in [-0.25, -0.2) is 4.79 Å². The molecule has 5 aromatic rings. The quantitative estimate of drug-likeness (QED) is 0.130. The summed E-state index contributed by atoms with van der Waals surface area (Å²) in [7, 11) is 5.31. The predicted octanol–water partition coefficient (Wildman–Crippen LogP) is 8.40. The van der Waals surface area contributed by atoms with E-state index < -0.39 is 5.97 Å². The number of nitriles is 1. The van der Waals surface area contributed by atoms with Crippen LogP contribution in [0.25, 0.3) is 28.8 Å². The topological polar surface area (TPSA) is 87.7 Å². The van der Waals surface area contributed by atoms with Gasteiger partial charge in [0, 0.05) is 34.7 Å². The van der Waals surface area contributed by atoms with E-state index in [2.05, 4.69) is 45.9 Å². The molecule has 7 nitrogen and oxygen atoms in total. The van der Waals surface area contributed by atoms with E-state index in [1.54, 1.807) is 20.3 Å². The molecule has 2 heterocycles. The van der Waals surface area contributed by atoms with Gasteiger partial charge in [-0.15, -0.1) is 11.3 Å². The summed E-state index contributed by atoms with van der Waals surface area (Å²) in [6, 6.07) is 33.9. The molecular weight excluding hydrogens is 558 g/mol. The highest BCUT2D eigenvalue weighted by Crippen LogP contribution is 2.36. The Morgan fingerprint density at radius 3 is 1.88 bits per heavy atom. The monoisotopic (exact) mass is 587 g/mol. The van der Waals surface area contributed by atoms with Crippen LogP contribution < -0.4 is 14.4 Å². The van der Waals surface area contributed by atoms with Crippen molar-refractivity contribution in [1.29, 1.82) is 5.26 Å². The van der Waals surface area contributed by atoms with E-state index in [9.17, 15) is 4.79 Å². The van der Waals surface area contributed by atoms with Gasteiger partial charge in [0.2, 0.25) is 0 Å². The van der Waals surface area contributed by atoms with Crippen molar-refractivity contribution < 1.29 is 19.4 Å². The number of carbonyl (C=O) groups is 1. The summed E-state index contributed by atoms with van der Waals surface area (Å²) in [5.41, 5.74) is 5.81. The number of ether oxygens (including phenoxy) is 2. The van der Waals surface area contributed by atoms with Gasteiger partial charge in [0.05, 0.1) is 24.8 Å². The standard InChI is InChI=1S/C35H29N3O4S/c1-37-26(14-20-33(37)34-21-19-32(43-34)22-25(23-36)35(39)40)7-4-24-5-8-27(9-6-24)38(28-10-15-30(41-2)16-11-28)29-12-17-31(42-3)18-13-29/h4-22H,1-3H3,(H,39,40)/b7-4+,25-22+. The summed E-state index contributed by atoms with van der Waals surface area (Å²) in [5.74, 6) is 0.363. The normalized spacial score (nSPS) is 11.3. The van der Waals surface area contributed by atoms with E-state index >= 15 is 0 Å². The molecule has 3 aromatic carbocycles. The first-order chi connectivity index (χ1) is 20.9. The SMILES string of the molecule is COc1ccc(N(c2ccc(/C=C/c3ccc(-c4ccc(/C=C(\C#N)C(=O)O)s4)n3C)cc2)c2ccc(OC)cc2)cc1. The lowest BCUT2D eigenvalue weighted by atomic mass is 10.1. The summed E-state index contributed by atoms with van der Waals surface area (Å²) in [6.07, 6.45) is 5.53. The number of rotatable bonds is 10. The maximum atomic E-state index is 11.2. The Morgan fingerprint density at radius 1 is 0.814 bits per heavy atom. The first-order valence-corrected chi connectivity index (χ1v) is 14.2. The molecule has 0 bridgehead atoms.